The third-order valence-electron chi connectivity index (χ3n) is 7.28. The van der Waals surface area contributed by atoms with Gasteiger partial charge >= 0.3 is 0 Å². The fourth-order valence-corrected chi connectivity index (χ4v) is 5.65. The minimum absolute atomic E-state index is 0.0646. The van der Waals surface area contributed by atoms with Gasteiger partial charge in [-0.05, 0) is 73.1 Å². The highest BCUT2D eigenvalue weighted by Crippen LogP contribution is 2.46. The summed E-state index contributed by atoms with van der Waals surface area (Å²) in [5, 5.41) is 4.95. The van der Waals surface area contributed by atoms with Gasteiger partial charge in [0.05, 0.1) is 12.3 Å². The summed E-state index contributed by atoms with van der Waals surface area (Å²) in [5.41, 5.74) is 3.51. The quantitative estimate of drug-likeness (QED) is 0.218. The van der Waals surface area contributed by atoms with Gasteiger partial charge in [-0.2, -0.15) is 0 Å². The van der Waals surface area contributed by atoms with Crippen LogP contribution in [0.5, 0.6) is 0 Å². The maximum Gasteiger partial charge on any atom is 0.135 e. The molecule has 0 atom stereocenters. The van der Waals surface area contributed by atoms with Gasteiger partial charge in [-0.15, -0.1) is 0 Å². The zero-order valence-electron chi connectivity index (χ0n) is 29.6. The molecule has 1 nitrogen and oxygen atoms in total. The van der Waals surface area contributed by atoms with Crippen molar-refractivity contribution in [3.8, 4) is 33.4 Å². The van der Waals surface area contributed by atoms with E-state index >= 15 is 0 Å². The van der Waals surface area contributed by atoms with Crippen molar-refractivity contribution in [2.24, 2.45) is 0 Å². The summed E-state index contributed by atoms with van der Waals surface area (Å²) in [6, 6.07) is 24.4. The Hall–Kier alpha value is -5.14. The molecule has 1 aromatic heterocycles. The first kappa shape index (κ1) is 14.7. The predicted molar refractivity (Wildman–Crippen MR) is 165 cm³/mol. The minimum Gasteiger partial charge on any atom is -0.456 e. The van der Waals surface area contributed by atoms with E-state index < -0.39 is 48.3 Å². The van der Waals surface area contributed by atoms with E-state index in [-0.39, 0.29) is 22.7 Å². The Morgan fingerprint density at radius 1 is 0.410 bits per heavy atom. The van der Waals surface area contributed by atoms with Crippen molar-refractivity contribution in [2.45, 2.75) is 0 Å². The summed E-state index contributed by atoms with van der Waals surface area (Å²) in [4.78, 5) is 0. The molecule has 1 heteroatoms. The lowest BCUT2D eigenvalue weighted by Crippen LogP contribution is -1.92. The Balaban J connectivity index is 1.55. The van der Waals surface area contributed by atoms with Crippen molar-refractivity contribution in [3.05, 3.63) is 145 Å². The molecule has 0 aliphatic heterocycles. The van der Waals surface area contributed by atoms with Crippen LogP contribution in [0.15, 0.2) is 150 Å². The maximum absolute atomic E-state index is 9.21. The molecule has 0 aliphatic rings. The number of benzene rings is 7. The largest absolute Gasteiger partial charge is 0.456 e. The molecule has 8 rings (SSSR count). The number of rotatable bonds is 3. The van der Waals surface area contributed by atoms with Crippen LogP contribution >= 0.6 is 0 Å². The highest BCUT2D eigenvalue weighted by atomic mass is 16.3. The summed E-state index contributed by atoms with van der Waals surface area (Å²) in [7, 11) is 0. The van der Waals surface area contributed by atoms with Crippen molar-refractivity contribution in [1.82, 2.24) is 0 Å². The van der Waals surface area contributed by atoms with Gasteiger partial charge in [0.15, 0.2) is 0 Å². The standard InChI is InChI=1S/C38H24O/c1-2-12-25(13-3-1)27-14-4-5-16-29(27)38-32-19-8-6-17-30(32)37(31-18-7-9-20-33(31)38)26-22-23-36-34(24-26)28-15-10-11-21-35(28)39-36/h1-24H/i1D,2D,3D,4D,5D,12D,13D,14D,16D. The third-order valence-corrected chi connectivity index (χ3v) is 7.28. The van der Waals surface area contributed by atoms with Gasteiger partial charge in [0, 0.05) is 10.8 Å². The van der Waals surface area contributed by atoms with E-state index in [9.17, 15) is 1.37 Å². The first-order valence-corrected chi connectivity index (χ1v) is 12.6. The van der Waals surface area contributed by atoms with Gasteiger partial charge in [-0.1, -0.05) is 127 Å². The normalized spacial score (nSPS) is 14.8. The smallest absolute Gasteiger partial charge is 0.135 e. The molecule has 0 unspecified atom stereocenters. The van der Waals surface area contributed by atoms with Gasteiger partial charge in [-0.3, -0.25) is 0 Å². The highest BCUT2D eigenvalue weighted by Gasteiger charge is 2.19. The number of para-hydroxylation sites is 1. The molecule has 1 heterocycles. The van der Waals surface area contributed by atoms with Gasteiger partial charge in [0.2, 0.25) is 0 Å². The number of hydrogen-bond donors (Lipinski definition) is 0. The van der Waals surface area contributed by atoms with Crippen LogP contribution in [-0.2, 0) is 0 Å². The van der Waals surface area contributed by atoms with Gasteiger partial charge in [0.25, 0.3) is 0 Å². The fourth-order valence-electron chi connectivity index (χ4n) is 5.65. The Kier molecular flexibility index (Phi) is 3.29. The number of hydrogen-bond acceptors (Lipinski definition) is 1. The lowest BCUT2D eigenvalue weighted by Gasteiger charge is -2.19. The SMILES string of the molecule is [2H]c1c([2H])c([2H])c(-c2c([2H])c([2H])c([2H])c([2H])c2-c2c3ccccc3c(-c3ccc4oc5ccccc5c4c3)c3ccccc23)c([2H])c1[2H]. The first-order valence-electron chi connectivity index (χ1n) is 17.1. The van der Waals surface area contributed by atoms with E-state index in [4.69, 9.17) is 15.4 Å². The summed E-state index contributed by atoms with van der Waals surface area (Å²) in [5.74, 6) is 0. The topological polar surface area (TPSA) is 13.1 Å². The molecule has 8 aromatic rings. The molecular formula is C38H24O. The molecule has 0 bridgehead atoms. The maximum atomic E-state index is 9.21. The van der Waals surface area contributed by atoms with E-state index in [0.717, 1.165) is 43.8 Å². The fraction of sp³-hybridized carbons (Fsp3) is 0. The average molecular weight is 506 g/mol. The number of furan rings is 1. The summed E-state index contributed by atoms with van der Waals surface area (Å²) < 4.78 is 84.0. The number of fused-ring (bicyclic) bond motifs is 5. The third kappa shape index (κ3) is 3.41. The van der Waals surface area contributed by atoms with Crippen molar-refractivity contribution in [2.75, 3.05) is 0 Å². The van der Waals surface area contributed by atoms with Crippen molar-refractivity contribution < 1.29 is 16.8 Å². The molecule has 0 spiro atoms. The molecular weight excluding hydrogens is 472 g/mol. The average Bonchev–Trinajstić information content (AvgIpc) is 3.48. The van der Waals surface area contributed by atoms with Crippen LogP contribution in [0.4, 0.5) is 0 Å². The summed E-state index contributed by atoms with van der Waals surface area (Å²) in [6.07, 6.45) is 0. The Labute approximate surface area is 239 Å². The van der Waals surface area contributed by atoms with Crippen molar-refractivity contribution in [1.29, 1.82) is 0 Å². The molecule has 0 fully saturated rings. The van der Waals surface area contributed by atoms with Crippen LogP contribution < -0.4 is 0 Å². The van der Waals surface area contributed by atoms with Crippen LogP contribution in [0.3, 0.4) is 0 Å². The molecule has 182 valence electrons. The zero-order chi connectivity index (χ0) is 33.6. The highest BCUT2D eigenvalue weighted by molar-refractivity contribution is 6.23. The van der Waals surface area contributed by atoms with E-state index in [1.807, 2.05) is 84.9 Å². The van der Waals surface area contributed by atoms with Gasteiger partial charge < -0.3 is 4.42 Å². The Bertz CT molecular complexity index is 2590. The predicted octanol–water partition coefficient (Wildman–Crippen LogP) is 10.9. The van der Waals surface area contributed by atoms with Crippen molar-refractivity contribution >= 4 is 43.5 Å². The van der Waals surface area contributed by atoms with E-state index in [0.29, 0.717) is 16.3 Å². The molecule has 0 saturated heterocycles. The monoisotopic (exact) mass is 505 g/mol. The van der Waals surface area contributed by atoms with Crippen LogP contribution in [0.1, 0.15) is 12.3 Å². The lowest BCUT2D eigenvalue weighted by molar-refractivity contribution is 0.669. The second-order valence-corrected chi connectivity index (χ2v) is 9.40. The van der Waals surface area contributed by atoms with E-state index in [1.54, 1.807) is 0 Å². The zero-order valence-corrected chi connectivity index (χ0v) is 20.6. The molecule has 0 radical (unpaired) electrons. The van der Waals surface area contributed by atoms with Crippen LogP contribution in [0.2, 0.25) is 0 Å². The molecule has 0 saturated carbocycles. The lowest BCUT2D eigenvalue weighted by atomic mass is 9.83. The van der Waals surface area contributed by atoms with Crippen molar-refractivity contribution in [3.63, 3.8) is 0 Å². The Morgan fingerprint density at radius 2 is 0.949 bits per heavy atom. The molecule has 39 heavy (non-hydrogen) atoms. The van der Waals surface area contributed by atoms with E-state index in [2.05, 4.69) is 6.07 Å². The van der Waals surface area contributed by atoms with Gasteiger partial charge in [-0.25, -0.2) is 0 Å². The molecule has 0 N–H and O–H groups in total. The summed E-state index contributed by atoms with van der Waals surface area (Å²) in [6.45, 7) is 0. The minimum atomic E-state index is -0.586. The summed E-state index contributed by atoms with van der Waals surface area (Å²) >= 11 is 0. The molecule has 0 amide bonds. The first-order chi connectivity index (χ1) is 23.1. The molecule has 0 aliphatic carbocycles. The second kappa shape index (κ2) is 8.72. The van der Waals surface area contributed by atoms with E-state index in [1.165, 1.54) is 0 Å². The second-order valence-electron chi connectivity index (χ2n) is 9.40. The van der Waals surface area contributed by atoms with Crippen LogP contribution in [-0.4, -0.2) is 0 Å². The van der Waals surface area contributed by atoms with Gasteiger partial charge in [0.1, 0.15) is 11.2 Å². The Morgan fingerprint density at radius 3 is 1.64 bits per heavy atom. The van der Waals surface area contributed by atoms with Crippen LogP contribution in [0.25, 0.3) is 76.9 Å². The molecule has 7 aromatic carbocycles. The van der Waals surface area contributed by atoms with Crippen LogP contribution in [0, 0.1) is 0 Å².